The first-order valence-corrected chi connectivity index (χ1v) is 7.41. The average Bonchev–Trinajstić information content (AvgIpc) is 2.99. The lowest BCUT2D eigenvalue weighted by Gasteiger charge is -2.23. The minimum atomic E-state index is 0.991. The molecule has 1 aliphatic heterocycles. The highest BCUT2D eigenvalue weighted by molar-refractivity contribution is 5.93. The zero-order valence-electron chi connectivity index (χ0n) is 12.3. The maximum Gasteiger partial charge on any atom is 0.158 e. The van der Waals surface area contributed by atoms with Gasteiger partial charge in [0.25, 0.3) is 0 Å². The molecule has 0 saturated carbocycles. The van der Waals surface area contributed by atoms with Gasteiger partial charge in [0, 0.05) is 30.9 Å². The Morgan fingerprint density at radius 3 is 2.55 bits per heavy atom. The van der Waals surface area contributed by atoms with Crippen molar-refractivity contribution in [3.63, 3.8) is 0 Å². The number of aromatic nitrogens is 2. The molecule has 0 radical (unpaired) electrons. The zero-order valence-corrected chi connectivity index (χ0v) is 12.3. The van der Waals surface area contributed by atoms with Crippen molar-refractivity contribution in [3.8, 4) is 0 Å². The highest BCUT2D eigenvalue weighted by Crippen LogP contribution is 2.24. The molecule has 0 bridgehead atoms. The highest BCUT2D eigenvalue weighted by atomic mass is 15.3. The van der Waals surface area contributed by atoms with Crippen LogP contribution in [0.1, 0.15) is 18.5 Å². The fourth-order valence-corrected chi connectivity index (χ4v) is 2.91. The lowest BCUT2D eigenvalue weighted by molar-refractivity contribution is 0.346. The zero-order chi connectivity index (χ0) is 13.9. The van der Waals surface area contributed by atoms with E-state index in [9.17, 15) is 0 Å². The van der Waals surface area contributed by atoms with E-state index in [0.29, 0.717) is 0 Å². The van der Waals surface area contributed by atoms with Crippen LogP contribution in [0.3, 0.4) is 0 Å². The van der Waals surface area contributed by atoms with Gasteiger partial charge in [-0.15, -0.1) is 5.10 Å². The summed E-state index contributed by atoms with van der Waals surface area (Å²) in [5, 5.41) is 11.1. The van der Waals surface area contributed by atoms with Crippen molar-refractivity contribution in [2.24, 2.45) is 0 Å². The monoisotopic (exact) mass is 270 g/mol. The van der Waals surface area contributed by atoms with E-state index in [4.69, 9.17) is 0 Å². The van der Waals surface area contributed by atoms with E-state index < -0.39 is 0 Å². The minimum absolute atomic E-state index is 0.991. The Labute approximate surface area is 120 Å². The molecule has 4 nitrogen and oxygen atoms in total. The molecule has 4 heteroatoms. The van der Waals surface area contributed by atoms with Crippen LogP contribution >= 0.6 is 0 Å². The summed E-state index contributed by atoms with van der Waals surface area (Å²) < 4.78 is 0. The van der Waals surface area contributed by atoms with Crippen molar-refractivity contribution in [2.75, 3.05) is 38.1 Å². The van der Waals surface area contributed by atoms with E-state index >= 15 is 0 Å². The molecule has 1 saturated heterocycles. The van der Waals surface area contributed by atoms with Crippen LogP contribution in [0.2, 0.25) is 0 Å². The molecule has 1 aliphatic rings. The third kappa shape index (κ3) is 2.61. The van der Waals surface area contributed by atoms with Crippen molar-refractivity contribution in [1.82, 2.24) is 15.1 Å². The molecule has 1 aromatic carbocycles. The molecule has 0 aliphatic carbocycles. The Kier molecular flexibility index (Phi) is 3.83. The van der Waals surface area contributed by atoms with Gasteiger partial charge >= 0.3 is 0 Å². The maximum absolute atomic E-state index is 4.41. The second-order valence-electron chi connectivity index (χ2n) is 5.62. The van der Waals surface area contributed by atoms with Crippen LogP contribution in [0.25, 0.3) is 10.8 Å². The van der Waals surface area contributed by atoms with Crippen molar-refractivity contribution >= 4 is 16.6 Å². The van der Waals surface area contributed by atoms with Crippen LogP contribution in [-0.4, -0.2) is 48.3 Å². The van der Waals surface area contributed by atoms with Crippen molar-refractivity contribution in [1.29, 1.82) is 0 Å². The fraction of sp³-hybridized carbons (Fsp3) is 0.500. The van der Waals surface area contributed by atoms with Gasteiger partial charge in [0.05, 0.1) is 5.69 Å². The SMILES string of the molecule is Cc1nnc(N(C)CCN2CCCC2)c2ccccc12. The Morgan fingerprint density at radius 2 is 1.80 bits per heavy atom. The van der Waals surface area contributed by atoms with E-state index in [-0.39, 0.29) is 0 Å². The van der Waals surface area contributed by atoms with E-state index in [2.05, 4.69) is 51.3 Å². The van der Waals surface area contributed by atoms with Gasteiger partial charge in [0.2, 0.25) is 0 Å². The van der Waals surface area contributed by atoms with E-state index in [1.165, 1.54) is 36.7 Å². The average molecular weight is 270 g/mol. The second-order valence-corrected chi connectivity index (χ2v) is 5.62. The van der Waals surface area contributed by atoms with Gasteiger partial charge in [-0.1, -0.05) is 24.3 Å². The summed E-state index contributed by atoms with van der Waals surface area (Å²) in [7, 11) is 2.11. The largest absolute Gasteiger partial charge is 0.356 e. The van der Waals surface area contributed by atoms with Crippen LogP contribution in [0.4, 0.5) is 5.82 Å². The quantitative estimate of drug-likeness (QED) is 0.854. The molecular weight excluding hydrogens is 248 g/mol. The Balaban J connectivity index is 1.80. The molecule has 20 heavy (non-hydrogen) atoms. The van der Waals surface area contributed by atoms with Crippen molar-refractivity contribution in [3.05, 3.63) is 30.0 Å². The Morgan fingerprint density at radius 1 is 1.10 bits per heavy atom. The minimum Gasteiger partial charge on any atom is -0.356 e. The molecule has 2 aromatic rings. The van der Waals surface area contributed by atoms with E-state index in [0.717, 1.165) is 24.6 Å². The summed E-state index contributed by atoms with van der Waals surface area (Å²) in [4.78, 5) is 4.76. The fourth-order valence-electron chi connectivity index (χ4n) is 2.91. The molecule has 1 aromatic heterocycles. The summed E-state index contributed by atoms with van der Waals surface area (Å²) in [6.07, 6.45) is 2.69. The van der Waals surface area contributed by atoms with Crippen LogP contribution in [0.5, 0.6) is 0 Å². The Hall–Kier alpha value is -1.68. The molecule has 3 rings (SSSR count). The smallest absolute Gasteiger partial charge is 0.158 e. The van der Waals surface area contributed by atoms with Gasteiger partial charge < -0.3 is 9.80 Å². The number of fused-ring (bicyclic) bond motifs is 1. The summed E-state index contributed by atoms with van der Waals surface area (Å²) in [6, 6.07) is 8.39. The van der Waals surface area contributed by atoms with Crippen LogP contribution < -0.4 is 4.90 Å². The van der Waals surface area contributed by atoms with Gasteiger partial charge in [-0.3, -0.25) is 0 Å². The predicted octanol–water partition coefficient (Wildman–Crippen LogP) is 2.47. The van der Waals surface area contributed by atoms with Gasteiger partial charge in [0.15, 0.2) is 5.82 Å². The Bertz CT molecular complexity index is 590. The summed E-state index contributed by atoms with van der Waals surface area (Å²) in [5.41, 5.74) is 0.997. The number of hydrogen-bond acceptors (Lipinski definition) is 4. The molecule has 0 unspecified atom stereocenters. The topological polar surface area (TPSA) is 32.3 Å². The molecular formula is C16H22N4. The molecule has 2 heterocycles. The van der Waals surface area contributed by atoms with Gasteiger partial charge in [-0.05, 0) is 32.9 Å². The molecule has 0 amide bonds. The lowest BCUT2D eigenvalue weighted by Crippen LogP contribution is -2.32. The lowest BCUT2D eigenvalue weighted by atomic mass is 10.1. The summed E-state index contributed by atoms with van der Waals surface area (Å²) >= 11 is 0. The first kappa shape index (κ1) is 13.3. The number of aryl methyl sites for hydroxylation is 1. The first-order chi connectivity index (χ1) is 9.75. The normalized spacial score (nSPS) is 15.9. The van der Waals surface area contributed by atoms with Crippen LogP contribution in [0.15, 0.2) is 24.3 Å². The van der Waals surface area contributed by atoms with Gasteiger partial charge in [-0.2, -0.15) is 5.10 Å². The number of likely N-dealkylation sites (tertiary alicyclic amines) is 1. The third-order valence-corrected chi connectivity index (χ3v) is 4.16. The molecule has 0 spiro atoms. The predicted molar refractivity (Wildman–Crippen MR) is 83.2 cm³/mol. The number of rotatable bonds is 4. The maximum atomic E-state index is 4.41. The second kappa shape index (κ2) is 5.75. The molecule has 0 N–H and O–H groups in total. The molecule has 106 valence electrons. The van der Waals surface area contributed by atoms with Crippen molar-refractivity contribution < 1.29 is 0 Å². The molecule has 1 fully saturated rings. The number of hydrogen-bond donors (Lipinski definition) is 0. The first-order valence-electron chi connectivity index (χ1n) is 7.41. The molecule has 0 atom stereocenters. The number of likely N-dealkylation sites (N-methyl/N-ethyl adjacent to an activating group) is 1. The van der Waals surface area contributed by atoms with E-state index in [1.54, 1.807) is 0 Å². The number of nitrogens with zero attached hydrogens (tertiary/aromatic N) is 4. The van der Waals surface area contributed by atoms with Crippen LogP contribution in [-0.2, 0) is 0 Å². The van der Waals surface area contributed by atoms with E-state index in [1.807, 2.05) is 6.92 Å². The number of anilines is 1. The van der Waals surface area contributed by atoms with Crippen LogP contribution in [0, 0.1) is 6.92 Å². The summed E-state index contributed by atoms with van der Waals surface area (Å²) in [5.74, 6) is 0.991. The highest BCUT2D eigenvalue weighted by Gasteiger charge is 2.14. The van der Waals surface area contributed by atoms with Gasteiger partial charge in [-0.25, -0.2) is 0 Å². The number of benzene rings is 1. The standard InChI is InChI=1S/C16H22N4/c1-13-14-7-3-4-8-15(14)16(18-17-13)19(2)11-12-20-9-5-6-10-20/h3-4,7-8H,5-6,9-12H2,1-2H3. The van der Waals surface area contributed by atoms with Crippen molar-refractivity contribution in [2.45, 2.75) is 19.8 Å². The third-order valence-electron chi connectivity index (χ3n) is 4.16. The van der Waals surface area contributed by atoms with Gasteiger partial charge in [0.1, 0.15) is 0 Å². The summed E-state index contributed by atoms with van der Waals surface area (Å²) in [6.45, 7) is 6.62.